The second-order valence-corrected chi connectivity index (χ2v) is 27.3. The normalized spacial score (nSPS) is 12.4. The third kappa shape index (κ3) is 10.8. The van der Waals surface area contributed by atoms with Crippen molar-refractivity contribution in [2.45, 2.75) is 12.8 Å². The van der Waals surface area contributed by atoms with Gasteiger partial charge in [-0.1, -0.05) is 274 Å². The molecule has 1 aliphatic rings. The minimum Gasteiger partial charge on any atom is -0.455 e. The number of furan rings is 1. The van der Waals surface area contributed by atoms with Gasteiger partial charge in [-0.05, 0) is 159 Å². The molecular weight excluding hydrogens is 1290 g/mol. The van der Waals surface area contributed by atoms with E-state index in [9.17, 15) is 0 Å². The summed E-state index contributed by atoms with van der Waals surface area (Å²) in [5.74, 6) is 0.321. The van der Waals surface area contributed by atoms with E-state index in [4.69, 9.17) is 4.42 Å². The summed E-state index contributed by atoms with van der Waals surface area (Å²) in [4.78, 5) is 2.33. The summed E-state index contributed by atoms with van der Waals surface area (Å²) in [6.07, 6.45) is 0. The van der Waals surface area contributed by atoms with Crippen LogP contribution >= 0.6 is 54.5 Å². The van der Waals surface area contributed by atoms with Gasteiger partial charge < -0.3 is 9.32 Å². The number of anilines is 3. The van der Waals surface area contributed by atoms with Crippen molar-refractivity contribution in [2.24, 2.45) is 0 Å². The first-order valence-corrected chi connectivity index (χ1v) is 34.2. The molecule has 1 atom stereocenters. The van der Waals surface area contributed by atoms with Crippen molar-refractivity contribution in [2.75, 3.05) is 4.90 Å². The van der Waals surface area contributed by atoms with Gasteiger partial charge in [0.2, 0.25) is 0 Å². The second-order valence-electron chi connectivity index (χ2n) is 23.4. The van der Waals surface area contributed by atoms with Gasteiger partial charge in [0.15, 0.2) is 0 Å². The van der Waals surface area contributed by atoms with E-state index in [1.54, 1.807) is 0 Å². The fraction of sp³-hybridized carbons (Fsp3) is 0.0233. The Morgan fingerprint density at radius 1 is 0.315 bits per heavy atom. The molecule has 0 saturated heterocycles. The Morgan fingerprint density at radius 3 is 1.34 bits per heavy atom. The summed E-state index contributed by atoms with van der Waals surface area (Å²) >= 11 is 10.8. The SMILES string of the molecule is Brc1ccc(-c2ccc3c(c2)-c2ccccc2C3c2ccccc2)cc1.Brc1ccc(-c2cccc3c2sc2ccccc23)cc1.Cc1ccc(N(c2ccc(-c3cccc4c3oc3ccccc34)cc2)c2ccc(-c3cccc4c3sc3ccccc34)cc2)cc1. The highest BCUT2D eigenvalue weighted by Crippen LogP contribution is 2.50. The molecule has 17 aromatic rings. The van der Waals surface area contributed by atoms with Crippen molar-refractivity contribution >= 4 is 134 Å². The van der Waals surface area contributed by atoms with Crippen LogP contribution in [0.5, 0.6) is 0 Å². The van der Waals surface area contributed by atoms with E-state index >= 15 is 0 Å². The third-order valence-corrected chi connectivity index (χ3v) is 21.3. The van der Waals surface area contributed by atoms with Gasteiger partial charge in [-0.15, -0.1) is 22.7 Å². The lowest BCUT2D eigenvalue weighted by atomic mass is 9.89. The molecule has 438 valence electrons. The molecule has 92 heavy (non-hydrogen) atoms. The second kappa shape index (κ2) is 24.7. The van der Waals surface area contributed by atoms with Gasteiger partial charge in [0, 0.05) is 88.6 Å². The molecule has 1 aliphatic carbocycles. The molecule has 6 heteroatoms. The standard InChI is InChI=1S/C43H29NOS.C25H17Br.C18H11BrS/c1-28-16-22-31(23-17-28)44(32-24-18-29(19-25-32)34-10-6-12-38-36-8-2-4-14-40(36)45-42(34)38)33-26-20-30(21-27-33)35-11-7-13-39-37-9-3-5-15-41(37)46-43(35)39;26-20-13-10-17(11-14-20)19-12-15-23-24(16-19)21-8-4-5-9-22(21)25(23)18-6-2-1-3-7-18;19-13-10-8-12(9-11-13)14-5-3-6-16-15-4-1-2-7-17(15)20-18(14)16/h2-27H,1H3;1-16,25H;1-11H. The average molecular weight is 1340 g/mol. The summed E-state index contributed by atoms with van der Waals surface area (Å²) in [5.41, 5.74) is 23.1. The van der Waals surface area contributed by atoms with Crippen molar-refractivity contribution in [1.29, 1.82) is 0 Å². The zero-order valence-corrected chi connectivity index (χ0v) is 54.9. The smallest absolute Gasteiger partial charge is 0.143 e. The number of benzene rings is 14. The van der Waals surface area contributed by atoms with Gasteiger partial charge in [0.05, 0.1) is 0 Å². The number of para-hydroxylation sites is 2. The minimum absolute atomic E-state index is 0.321. The van der Waals surface area contributed by atoms with Gasteiger partial charge in [-0.2, -0.15) is 0 Å². The maximum atomic E-state index is 6.35. The largest absolute Gasteiger partial charge is 0.455 e. The van der Waals surface area contributed by atoms with E-state index < -0.39 is 0 Å². The predicted octanol–water partition coefficient (Wildman–Crippen LogP) is 26.8. The van der Waals surface area contributed by atoms with Crippen LogP contribution in [0.25, 0.3) is 118 Å². The van der Waals surface area contributed by atoms with Crippen LogP contribution in [0.15, 0.2) is 335 Å². The molecule has 0 spiro atoms. The molecular formula is C86H57Br2NOS2. The van der Waals surface area contributed by atoms with E-state index in [0.717, 1.165) is 59.1 Å². The van der Waals surface area contributed by atoms with Crippen molar-refractivity contribution in [3.63, 3.8) is 0 Å². The molecule has 0 fully saturated rings. The van der Waals surface area contributed by atoms with E-state index in [1.165, 1.54) is 107 Å². The molecule has 0 bridgehead atoms. The lowest BCUT2D eigenvalue weighted by Crippen LogP contribution is -2.09. The monoisotopic (exact) mass is 1340 g/mol. The summed E-state index contributed by atoms with van der Waals surface area (Å²) in [5, 5.41) is 7.64. The van der Waals surface area contributed by atoms with Crippen LogP contribution in [0.3, 0.4) is 0 Å². The van der Waals surface area contributed by atoms with E-state index in [0.29, 0.717) is 5.92 Å². The van der Waals surface area contributed by atoms with Crippen LogP contribution in [-0.4, -0.2) is 0 Å². The van der Waals surface area contributed by atoms with Crippen LogP contribution in [0.2, 0.25) is 0 Å². The molecule has 18 rings (SSSR count). The van der Waals surface area contributed by atoms with E-state index in [-0.39, 0.29) is 0 Å². The third-order valence-electron chi connectivity index (χ3n) is 17.8. The van der Waals surface area contributed by atoms with Gasteiger partial charge in [0.1, 0.15) is 11.2 Å². The van der Waals surface area contributed by atoms with Crippen LogP contribution in [0, 0.1) is 6.92 Å². The molecule has 3 heterocycles. The highest BCUT2D eigenvalue weighted by molar-refractivity contribution is 9.10. The Balaban J connectivity index is 0.000000123. The van der Waals surface area contributed by atoms with Crippen LogP contribution in [-0.2, 0) is 0 Å². The number of rotatable bonds is 8. The number of thiophene rings is 2. The molecule has 0 amide bonds. The molecule has 1 unspecified atom stereocenters. The van der Waals surface area contributed by atoms with Crippen molar-refractivity contribution < 1.29 is 4.42 Å². The maximum Gasteiger partial charge on any atom is 0.143 e. The van der Waals surface area contributed by atoms with Gasteiger partial charge in [0.25, 0.3) is 0 Å². The fourth-order valence-corrected chi connectivity index (χ4v) is 16.3. The summed E-state index contributed by atoms with van der Waals surface area (Å²) in [6, 6.07) is 115. The van der Waals surface area contributed by atoms with Crippen molar-refractivity contribution in [3.05, 3.63) is 353 Å². The van der Waals surface area contributed by atoms with Crippen molar-refractivity contribution in [1.82, 2.24) is 0 Å². The number of halogens is 2. The first kappa shape index (κ1) is 57.3. The number of nitrogens with zero attached hydrogens (tertiary/aromatic N) is 1. The molecule has 2 nitrogen and oxygen atoms in total. The van der Waals surface area contributed by atoms with Gasteiger partial charge >= 0.3 is 0 Å². The Bertz CT molecular complexity index is 5380. The number of fused-ring (bicyclic) bond motifs is 12. The first-order valence-electron chi connectivity index (χ1n) is 30.9. The lowest BCUT2D eigenvalue weighted by molar-refractivity contribution is 0.670. The average Bonchev–Trinajstić information content (AvgIpc) is 1.64. The Labute approximate surface area is 559 Å². The van der Waals surface area contributed by atoms with Gasteiger partial charge in [-0.3, -0.25) is 0 Å². The minimum atomic E-state index is 0.321. The Hall–Kier alpha value is -9.92. The fourth-order valence-electron chi connectivity index (χ4n) is 13.3. The lowest BCUT2D eigenvalue weighted by Gasteiger charge is -2.26. The Morgan fingerprint density at radius 2 is 0.739 bits per heavy atom. The van der Waals surface area contributed by atoms with Crippen molar-refractivity contribution in [3.8, 4) is 55.6 Å². The number of hydrogen-bond acceptors (Lipinski definition) is 4. The summed E-state index contributed by atoms with van der Waals surface area (Å²) < 4.78 is 14.0. The highest BCUT2D eigenvalue weighted by Gasteiger charge is 2.30. The highest BCUT2D eigenvalue weighted by atomic mass is 79.9. The van der Waals surface area contributed by atoms with E-state index in [2.05, 4.69) is 353 Å². The van der Waals surface area contributed by atoms with E-state index in [1.807, 2.05) is 34.8 Å². The molecule has 0 radical (unpaired) electrons. The summed E-state index contributed by atoms with van der Waals surface area (Å²) in [6.45, 7) is 2.13. The molecule has 0 N–H and O–H groups in total. The topological polar surface area (TPSA) is 16.4 Å². The predicted molar refractivity (Wildman–Crippen MR) is 402 cm³/mol. The molecule has 0 aliphatic heterocycles. The number of hydrogen-bond donors (Lipinski definition) is 0. The van der Waals surface area contributed by atoms with Crippen LogP contribution < -0.4 is 4.90 Å². The molecule has 0 saturated carbocycles. The van der Waals surface area contributed by atoms with Gasteiger partial charge in [-0.25, -0.2) is 0 Å². The molecule has 3 aromatic heterocycles. The van der Waals surface area contributed by atoms with Crippen LogP contribution in [0.1, 0.15) is 28.2 Å². The number of aryl methyl sites for hydroxylation is 1. The quantitative estimate of drug-likeness (QED) is 0.151. The maximum absolute atomic E-state index is 6.35. The van der Waals surface area contributed by atoms with Crippen LogP contribution in [0.4, 0.5) is 17.1 Å². The summed E-state index contributed by atoms with van der Waals surface area (Å²) in [7, 11) is 0. The molecule has 14 aromatic carbocycles. The first-order chi connectivity index (χ1) is 45.3. The zero-order chi connectivity index (χ0) is 61.7. The zero-order valence-electron chi connectivity index (χ0n) is 50.1. The Kier molecular flexibility index (Phi) is 15.4.